The standard InChI is InChI=1S/C16H16FN3O3S/c1-3-10-8-19-16-12(10)6-11(17)7-13(16)23-14-4-9(2)5-15(20-14)24(18,21)22/h4-8,19H,3H2,1-2H3,(H2,18,21,22). The molecule has 1 aromatic carbocycles. The van der Waals surface area contributed by atoms with Gasteiger partial charge in [0.25, 0.3) is 10.0 Å². The molecule has 2 heterocycles. The lowest BCUT2D eigenvalue weighted by Crippen LogP contribution is -2.14. The number of hydrogen-bond acceptors (Lipinski definition) is 4. The highest BCUT2D eigenvalue weighted by atomic mass is 32.2. The molecule has 3 aromatic rings. The number of H-pyrrole nitrogens is 1. The predicted octanol–water partition coefficient (Wildman–Crippen LogP) is 3.01. The minimum atomic E-state index is -3.96. The fraction of sp³-hybridized carbons (Fsp3) is 0.188. The molecule has 0 spiro atoms. The van der Waals surface area contributed by atoms with Crippen LogP contribution in [0.2, 0.25) is 0 Å². The first-order chi connectivity index (χ1) is 11.3. The second-order valence-corrected chi connectivity index (χ2v) is 6.97. The number of aromatic nitrogens is 2. The van der Waals surface area contributed by atoms with E-state index in [0.29, 0.717) is 16.5 Å². The number of rotatable bonds is 4. The quantitative estimate of drug-likeness (QED) is 0.756. The van der Waals surface area contributed by atoms with E-state index >= 15 is 0 Å². The lowest BCUT2D eigenvalue weighted by Gasteiger charge is -2.09. The van der Waals surface area contributed by atoms with Gasteiger partial charge in [0.15, 0.2) is 10.8 Å². The molecule has 0 atom stereocenters. The largest absolute Gasteiger partial charge is 0.437 e. The van der Waals surface area contributed by atoms with Crippen LogP contribution < -0.4 is 9.88 Å². The molecule has 24 heavy (non-hydrogen) atoms. The summed E-state index contributed by atoms with van der Waals surface area (Å²) in [4.78, 5) is 6.94. The Kier molecular flexibility index (Phi) is 4.02. The van der Waals surface area contributed by atoms with E-state index in [1.54, 1.807) is 19.2 Å². The number of fused-ring (bicyclic) bond motifs is 1. The van der Waals surface area contributed by atoms with Crippen molar-refractivity contribution in [3.8, 4) is 11.6 Å². The van der Waals surface area contributed by atoms with Crippen LogP contribution in [0.3, 0.4) is 0 Å². The van der Waals surface area contributed by atoms with Gasteiger partial charge in [-0.05, 0) is 36.6 Å². The van der Waals surface area contributed by atoms with E-state index in [0.717, 1.165) is 12.0 Å². The van der Waals surface area contributed by atoms with E-state index in [-0.39, 0.29) is 16.7 Å². The maximum atomic E-state index is 13.9. The first-order valence-electron chi connectivity index (χ1n) is 7.27. The van der Waals surface area contributed by atoms with Gasteiger partial charge in [0, 0.05) is 23.7 Å². The zero-order valence-electron chi connectivity index (χ0n) is 13.1. The van der Waals surface area contributed by atoms with Crippen LogP contribution in [-0.2, 0) is 16.4 Å². The summed E-state index contributed by atoms with van der Waals surface area (Å²) in [7, 11) is -3.96. The van der Waals surface area contributed by atoms with Crippen LogP contribution in [-0.4, -0.2) is 18.4 Å². The van der Waals surface area contributed by atoms with Gasteiger partial charge in [0.1, 0.15) is 5.82 Å². The highest BCUT2D eigenvalue weighted by Gasteiger charge is 2.15. The molecule has 0 saturated heterocycles. The molecule has 0 fully saturated rings. The Labute approximate surface area is 138 Å². The molecular formula is C16H16FN3O3S. The number of ether oxygens (including phenoxy) is 1. The number of nitrogens with two attached hydrogens (primary N) is 1. The van der Waals surface area contributed by atoms with E-state index in [1.165, 1.54) is 18.2 Å². The zero-order valence-corrected chi connectivity index (χ0v) is 13.9. The van der Waals surface area contributed by atoms with E-state index < -0.39 is 15.8 Å². The molecule has 8 heteroatoms. The van der Waals surface area contributed by atoms with Crippen molar-refractivity contribution < 1.29 is 17.5 Å². The second-order valence-electron chi connectivity index (χ2n) is 5.46. The van der Waals surface area contributed by atoms with Crippen LogP contribution >= 0.6 is 0 Å². The number of aryl methyl sites for hydroxylation is 2. The van der Waals surface area contributed by atoms with Crippen molar-refractivity contribution in [1.82, 2.24) is 9.97 Å². The molecule has 0 unspecified atom stereocenters. The van der Waals surface area contributed by atoms with Crippen LogP contribution in [0.25, 0.3) is 10.9 Å². The average molecular weight is 349 g/mol. The number of pyridine rings is 1. The van der Waals surface area contributed by atoms with Crippen LogP contribution in [0.4, 0.5) is 4.39 Å². The summed E-state index contributed by atoms with van der Waals surface area (Å²) in [5, 5.41) is 5.53. The lowest BCUT2D eigenvalue weighted by molar-refractivity contribution is 0.456. The molecule has 0 aliphatic carbocycles. The molecule has 0 aliphatic heterocycles. The molecule has 2 aromatic heterocycles. The number of nitrogens with one attached hydrogen (secondary N) is 1. The monoisotopic (exact) mass is 349 g/mol. The van der Waals surface area contributed by atoms with E-state index in [9.17, 15) is 12.8 Å². The summed E-state index contributed by atoms with van der Waals surface area (Å²) in [5.41, 5.74) is 2.18. The minimum absolute atomic E-state index is 0.0265. The van der Waals surface area contributed by atoms with Crippen LogP contribution in [0.5, 0.6) is 11.6 Å². The Morgan fingerprint density at radius 2 is 2.04 bits per heavy atom. The van der Waals surface area contributed by atoms with E-state index in [4.69, 9.17) is 9.88 Å². The Balaban J connectivity index is 2.11. The predicted molar refractivity (Wildman–Crippen MR) is 88.1 cm³/mol. The molecule has 0 amide bonds. The van der Waals surface area contributed by atoms with Crippen LogP contribution in [0.1, 0.15) is 18.1 Å². The smallest absolute Gasteiger partial charge is 0.255 e. The average Bonchev–Trinajstić information content (AvgIpc) is 2.88. The number of nitrogens with zero attached hydrogens (tertiary/aromatic N) is 1. The van der Waals surface area contributed by atoms with Gasteiger partial charge in [0.05, 0.1) is 5.52 Å². The van der Waals surface area contributed by atoms with Gasteiger partial charge < -0.3 is 9.72 Å². The highest BCUT2D eigenvalue weighted by molar-refractivity contribution is 7.89. The number of sulfonamides is 1. The fourth-order valence-corrected chi connectivity index (χ4v) is 3.08. The van der Waals surface area contributed by atoms with Gasteiger partial charge in [-0.3, -0.25) is 0 Å². The summed E-state index contributed by atoms with van der Waals surface area (Å²) in [5.74, 6) is -0.201. The number of benzene rings is 1. The molecule has 0 saturated carbocycles. The van der Waals surface area contributed by atoms with Gasteiger partial charge in [-0.15, -0.1) is 0 Å². The third-order valence-corrected chi connectivity index (χ3v) is 4.41. The highest BCUT2D eigenvalue weighted by Crippen LogP contribution is 2.32. The summed E-state index contributed by atoms with van der Waals surface area (Å²) in [6.07, 6.45) is 2.53. The van der Waals surface area contributed by atoms with Gasteiger partial charge >= 0.3 is 0 Å². The first-order valence-corrected chi connectivity index (χ1v) is 8.81. The third-order valence-electron chi connectivity index (χ3n) is 3.61. The lowest BCUT2D eigenvalue weighted by atomic mass is 10.1. The number of aromatic amines is 1. The maximum Gasteiger partial charge on any atom is 0.255 e. The molecule has 3 N–H and O–H groups in total. The topological polar surface area (TPSA) is 98.1 Å². The van der Waals surface area contributed by atoms with Crippen molar-refractivity contribution in [3.05, 3.63) is 47.4 Å². The molecule has 126 valence electrons. The van der Waals surface area contributed by atoms with Gasteiger partial charge in [-0.1, -0.05) is 6.92 Å². The van der Waals surface area contributed by atoms with Crippen molar-refractivity contribution in [2.75, 3.05) is 0 Å². The van der Waals surface area contributed by atoms with Crippen molar-refractivity contribution in [2.45, 2.75) is 25.3 Å². The number of halogens is 1. The molecule has 3 rings (SSSR count). The molecule has 0 bridgehead atoms. The maximum absolute atomic E-state index is 13.9. The van der Waals surface area contributed by atoms with Crippen LogP contribution in [0.15, 0.2) is 35.5 Å². The molecular weight excluding hydrogens is 333 g/mol. The summed E-state index contributed by atoms with van der Waals surface area (Å²) >= 11 is 0. The first kappa shape index (κ1) is 16.4. The Morgan fingerprint density at radius 1 is 1.29 bits per heavy atom. The molecule has 6 nitrogen and oxygen atoms in total. The number of hydrogen-bond donors (Lipinski definition) is 2. The van der Waals surface area contributed by atoms with E-state index in [2.05, 4.69) is 9.97 Å². The Bertz CT molecular complexity index is 1030. The van der Waals surface area contributed by atoms with Crippen molar-refractivity contribution >= 4 is 20.9 Å². The minimum Gasteiger partial charge on any atom is -0.437 e. The van der Waals surface area contributed by atoms with Crippen molar-refractivity contribution in [3.63, 3.8) is 0 Å². The third kappa shape index (κ3) is 3.10. The van der Waals surface area contributed by atoms with Gasteiger partial charge in [-0.2, -0.15) is 4.98 Å². The van der Waals surface area contributed by atoms with Crippen LogP contribution in [0, 0.1) is 12.7 Å². The Hall–Kier alpha value is -2.45. The normalized spacial score (nSPS) is 11.8. The number of primary sulfonamides is 1. The zero-order chi connectivity index (χ0) is 17.5. The molecule has 0 radical (unpaired) electrons. The molecule has 0 aliphatic rings. The fourth-order valence-electron chi connectivity index (χ4n) is 2.51. The van der Waals surface area contributed by atoms with Gasteiger partial charge in [0.2, 0.25) is 5.88 Å². The van der Waals surface area contributed by atoms with Crippen molar-refractivity contribution in [2.24, 2.45) is 5.14 Å². The summed E-state index contributed by atoms with van der Waals surface area (Å²) < 4.78 is 42.5. The Morgan fingerprint density at radius 3 is 2.71 bits per heavy atom. The second kappa shape index (κ2) is 5.88. The summed E-state index contributed by atoms with van der Waals surface area (Å²) in [6.45, 7) is 3.66. The summed E-state index contributed by atoms with van der Waals surface area (Å²) in [6, 6.07) is 5.54. The van der Waals surface area contributed by atoms with Gasteiger partial charge in [-0.25, -0.2) is 17.9 Å². The SMILES string of the molecule is CCc1c[nH]c2c(Oc3cc(C)cc(S(N)(=O)=O)n3)cc(F)cc12. The van der Waals surface area contributed by atoms with Crippen molar-refractivity contribution in [1.29, 1.82) is 0 Å². The van der Waals surface area contributed by atoms with E-state index in [1.807, 2.05) is 6.92 Å².